The van der Waals surface area contributed by atoms with Crippen LogP contribution in [0.3, 0.4) is 0 Å². The number of hydrogen-bond acceptors (Lipinski definition) is 5. The number of nitrogens with zero attached hydrogens (tertiary/aromatic N) is 2. The lowest BCUT2D eigenvalue weighted by atomic mass is 10.1. The van der Waals surface area contributed by atoms with E-state index in [1.54, 1.807) is 22.8 Å². The summed E-state index contributed by atoms with van der Waals surface area (Å²) in [7, 11) is 1.52. The molecule has 0 unspecified atom stereocenters. The third-order valence-corrected chi connectivity index (χ3v) is 4.74. The SMILES string of the molecule is COc1ccc(NC(C)=O)cc1NC(=O)CCn1c(-c2ccc(C)cc2)n[nH]c1=S. The van der Waals surface area contributed by atoms with Crippen molar-refractivity contribution in [3.8, 4) is 17.1 Å². The largest absolute Gasteiger partial charge is 0.495 e. The van der Waals surface area contributed by atoms with Crippen LogP contribution in [-0.2, 0) is 16.1 Å². The van der Waals surface area contributed by atoms with Gasteiger partial charge in [-0.15, -0.1) is 0 Å². The van der Waals surface area contributed by atoms with E-state index in [4.69, 9.17) is 17.0 Å². The predicted octanol–water partition coefficient (Wildman–Crippen LogP) is 3.91. The lowest BCUT2D eigenvalue weighted by molar-refractivity contribution is -0.116. The molecule has 0 atom stereocenters. The Labute approximate surface area is 179 Å². The Kier molecular flexibility index (Phi) is 6.63. The van der Waals surface area contributed by atoms with Crippen LogP contribution in [0.2, 0.25) is 0 Å². The summed E-state index contributed by atoms with van der Waals surface area (Å²) in [5.74, 6) is 0.761. The van der Waals surface area contributed by atoms with E-state index in [9.17, 15) is 9.59 Å². The Morgan fingerprint density at radius 1 is 1.17 bits per heavy atom. The Morgan fingerprint density at radius 3 is 2.57 bits per heavy atom. The minimum Gasteiger partial charge on any atom is -0.495 e. The van der Waals surface area contributed by atoms with Crippen LogP contribution in [-0.4, -0.2) is 33.7 Å². The Bertz CT molecular complexity index is 1120. The van der Waals surface area contributed by atoms with E-state index in [1.165, 1.54) is 14.0 Å². The maximum atomic E-state index is 12.6. The second-order valence-corrected chi connectivity index (χ2v) is 7.15. The number of aryl methyl sites for hydroxylation is 1. The number of rotatable bonds is 7. The maximum Gasteiger partial charge on any atom is 0.226 e. The third kappa shape index (κ3) is 5.12. The van der Waals surface area contributed by atoms with Gasteiger partial charge in [0.05, 0.1) is 12.8 Å². The van der Waals surface area contributed by atoms with Crippen LogP contribution in [0.15, 0.2) is 42.5 Å². The number of aromatic amines is 1. The summed E-state index contributed by atoms with van der Waals surface area (Å²) < 4.78 is 7.54. The van der Waals surface area contributed by atoms with Crippen LogP contribution >= 0.6 is 12.2 Å². The number of ether oxygens (including phenoxy) is 1. The zero-order chi connectivity index (χ0) is 21.7. The minimum atomic E-state index is -0.216. The molecule has 8 nitrogen and oxygen atoms in total. The molecule has 0 radical (unpaired) electrons. The van der Waals surface area contributed by atoms with Crippen molar-refractivity contribution in [3.63, 3.8) is 0 Å². The second-order valence-electron chi connectivity index (χ2n) is 6.76. The molecule has 0 fully saturated rings. The number of H-pyrrole nitrogens is 1. The van der Waals surface area contributed by atoms with Gasteiger partial charge in [0.25, 0.3) is 0 Å². The highest BCUT2D eigenvalue weighted by Crippen LogP contribution is 2.28. The summed E-state index contributed by atoms with van der Waals surface area (Å²) in [4.78, 5) is 23.9. The van der Waals surface area contributed by atoms with Crippen LogP contribution in [0, 0.1) is 11.7 Å². The maximum absolute atomic E-state index is 12.6. The second kappa shape index (κ2) is 9.36. The van der Waals surface area contributed by atoms with E-state index in [2.05, 4.69) is 20.8 Å². The lowest BCUT2D eigenvalue weighted by Gasteiger charge is -2.13. The first-order valence-electron chi connectivity index (χ1n) is 9.35. The number of hydrogen-bond donors (Lipinski definition) is 3. The topological polar surface area (TPSA) is 101 Å². The zero-order valence-electron chi connectivity index (χ0n) is 17.0. The molecule has 3 N–H and O–H groups in total. The van der Waals surface area contributed by atoms with Crippen LogP contribution in [0.25, 0.3) is 11.4 Å². The molecular weight excluding hydrogens is 402 g/mol. The molecule has 0 spiro atoms. The fraction of sp³-hybridized carbons (Fsp3) is 0.238. The fourth-order valence-electron chi connectivity index (χ4n) is 2.96. The number of nitrogens with one attached hydrogen (secondary N) is 3. The molecule has 3 rings (SSSR count). The summed E-state index contributed by atoms with van der Waals surface area (Å²) in [5.41, 5.74) is 3.10. The number of carbonyl (C=O) groups is 2. The van der Waals surface area contributed by atoms with Crippen molar-refractivity contribution in [1.82, 2.24) is 14.8 Å². The van der Waals surface area contributed by atoms with E-state index >= 15 is 0 Å². The van der Waals surface area contributed by atoms with Crippen molar-refractivity contribution in [2.24, 2.45) is 0 Å². The van der Waals surface area contributed by atoms with Gasteiger partial charge in [-0.2, -0.15) is 5.10 Å². The molecule has 0 bridgehead atoms. The molecule has 0 saturated heterocycles. The molecule has 1 aromatic heterocycles. The van der Waals surface area contributed by atoms with Gasteiger partial charge in [0.2, 0.25) is 11.8 Å². The number of anilines is 2. The summed E-state index contributed by atoms with van der Waals surface area (Å²) in [6.07, 6.45) is 0.181. The van der Waals surface area contributed by atoms with Crippen molar-refractivity contribution in [2.75, 3.05) is 17.7 Å². The van der Waals surface area contributed by atoms with Gasteiger partial charge in [0.1, 0.15) is 5.75 Å². The molecule has 30 heavy (non-hydrogen) atoms. The molecular formula is C21H23N5O3S. The third-order valence-electron chi connectivity index (χ3n) is 4.42. The summed E-state index contributed by atoms with van der Waals surface area (Å²) in [5, 5.41) is 12.6. The molecule has 3 aromatic rings. The van der Waals surface area contributed by atoms with Crippen molar-refractivity contribution in [3.05, 3.63) is 52.8 Å². The fourth-order valence-corrected chi connectivity index (χ4v) is 3.18. The van der Waals surface area contributed by atoms with Crippen molar-refractivity contribution in [2.45, 2.75) is 26.8 Å². The van der Waals surface area contributed by atoms with Crippen LogP contribution < -0.4 is 15.4 Å². The Hall–Kier alpha value is -3.46. The smallest absolute Gasteiger partial charge is 0.226 e. The van der Waals surface area contributed by atoms with Gasteiger partial charge < -0.3 is 15.4 Å². The zero-order valence-corrected chi connectivity index (χ0v) is 17.8. The summed E-state index contributed by atoms with van der Waals surface area (Å²) in [6.45, 7) is 3.79. The molecule has 0 saturated carbocycles. The first-order valence-corrected chi connectivity index (χ1v) is 9.76. The number of amides is 2. The van der Waals surface area contributed by atoms with E-state index < -0.39 is 0 Å². The first-order chi connectivity index (χ1) is 14.4. The van der Waals surface area contributed by atoms with Gasteiger partial charge in [-0.05, 0) is 37.3 Å². The number of aromatic nitrogens is 3. The van der Waals surface area contributed by atoms with E-state index in [0.717, 1.165) is 11.1 Å². The highest BCUT2D eigenvalue weighted by Gasteiger charge is 2.13. The van der Waals surface area contributed by atoms with E-state index in [0.29, 0.717) is 34.3 Å². The normalized spacial score (nSPS) is 10.5. The van der Waals surface area contributed by atoms with E-state index in [1.807, 2.05) is 31.2 Å². The quantitative estimate of drug-likeness (QED) is 0.498. The molecule has 1 heterocycles. The molecule has 0 aliphatic carbocycles. The standard InChI is InChI=1S/C21H23N5O3S/c1-13-4-6-15(7-5-13)20-24-25-21(30)26(20)11-10-19(28)23-17-12-16(22-14(2)27)8-9-18(17)29-3/h4-9,12H,10-11H2,1-3H3,(H,22,27)(H,23,28)(H,25,30). The lowest BCUT2D eigenvalue weighted by Crippen LogP contribution is -2.16. The number of carbonyl (C=O) groups excluding carboxylic acids is 2. The Morgan fingerprint density at radius 2 is 1.90 bits per heavy atom. The highest BCUT2D eigenvalue weighted by atomic mass is 32.1. The van der Waals surface area contributed by atoms with Crippen molar-refractivity contribution >= 4 is 35.4 Å². The predicted molar refractivity (Wildman–Crippen MR) is 118 cm³/mol. The Balaban J connectivity index is 1.73. The van der Waals surface area contributed by atoms with Gasteiger partial charge in [-0.25, -0.2) is 0 Å². The highest BCUT2D eigenvalue weighted by molar-refractivity contribution is 7.71. The minimum absolute atomic E-state index is 0.181. The van der Waals surface area contributed by atoms with Crippen LogP contribution in [0.5, 0.6) is 5.75 Å². The monoisotopic (exact) mass is 425 g/mol. The van der Waals surface area contributed by atoms with Gasteiger partial charge in [-0.1, -0.05) is 29.8 Å². The van der Waals surface area contributed by atoms with E-state index in [-0.39, 0.29) is 18.2 Å². The van der Waals surface area contributed by atoms with Crippen molar-refractivity contribution in [1.29, 1.82) is 0 Å². The summed E-state index contributed by atoms with van der Waals surface area (Å²) >= 11 is 5.33. The molecule has 2 amide bonds. The van der Waals surface area contributed by atoms with Gasteiger partial charge in [0, 0.05) is 31.1 Å². The average molecular weight is 426 g/mol. The first kappa shape index (κ1) is 21.3. The molecule has 0 aliphatic rings. The number of benzene rings is 2. The number of methoxy groups -OCH3 is 1. The molecule has 156 valence electrons. The molecule has 0 aliphatic heterocycles. The van der Waals surface area contributed by atoms with Crippen LogP contribution in [0.4, 0.5) is 11.4 Å². The van der Waals surface area contributed by atoms with Gasteiger partial charge in [0.15, 0.2) is 10.6 Å². The molecule has 9 heteroatoms. The van der Waals surface area contributed by atoms with Crippen LogP contribution in [0.1, 0.15) is 18.9 Å². The van der Waals surface area contributed by atoms with Gasteiger partial charge in [-0.3, -0.25) is 19.3 Å². The molecule has 2 aromatic carbocycles. The van der Waals surface area contributed by atoms with Gasteiger partial charge >= 0.3 is 0 Å². The summed E-state index contributed by atoms with van der Waals surface area (Å²) in [6, 6.07) is 13.0. The van der Waals surface area contributed by atoms with Crippen molar-refractivity contribution < 1.29 is 14.3 Å². The average Bonchev–Trinajstić information content (AvgIpc) is 3.07.